The largest absolute Gasteiger partial charge is 0.370 e. The molecule has 1 aromatic heterocycles. The lowest BCUT2D eigenvalue weighted by atomic mass is 10.1. The van der Waals surface area contributed by atoms with E-state index in [9.17, 15) is 8.78 Å². The number of hydrogen-bond acceptors (Lipinski definition) is 3. The molecule has 1 aromatic carbocycles. The van der Waals surface area contributed by atoms with Gasteiger partial charge in [-0.15, -0.1) is 0 Å². The second-order valence-corrected chi connectivity index (χ2v) is 4.04. The molecule has 0 saturated carbocycles. The van der Waals surface area contributed by atoms with Crippen molar-refractivity contribution >= 4 is 5.82 Å². The van der Waals surface area contributed by atoms with Crippen LogP contribution in [0.1, 0.15) is 19.7 Å². The molecule has 0 aliphatic heterocycles. The summed E-state index contributed by atoms with van der Waals surface area (Å²) in [6.45, 7) is 4.50. The minimum absolute atomic E-state index is 0.112. The number of nitrogens with one attached hydrogen (secondary N) is 1. The molecule has 0 saturated heterocycles. The van der Waals surface area contributed by atoms with Gasteiger partial charge in [-0.05, 0) is 19.1 Å². The summed E-state index contributed by atoms with van der Waals surface area (Å²) in [5.41, 5.74) is 0.150. The molecule has 0 unspecified atom stereocenters. The minimum atomic E-state index is -0.622. The van der Waals surface area contributed by atoms with E-state index in [1.54, 1.807) is 6.07 Å². The van der Waals surface area contributed by atoms with Crippen LogP contribution < -0.4 is 5.32 Å². The number of hydrogen-bond donors (Lipinski definition) is 1. The van der Waals surface area contributed by atoms with Gasteiger partial charge in [0.25, 0.3) is 0 Å². The van der Waals surface area contributed by atoms with E-state index in [2.05, 4.69) is 15.3 Å². The lowest BCUT2D eigenvalue weighted by molar-refractivity contribution is 0.588. The van der Waals surface area contributed by atoms with Crippen LogP contribution >= 0.6 is 0 Å². The topological polar surface area (TPSA) is 37.8 Å². The molecular weight excluding hydrogens is 248 g/mol. The van der Waals surface area contributed by atoms with Crippen molar-refractivity contribution in [3.8, 4) is 11.3 Å². The monoisotopic (exact) mass is 263 g/mol. The Bertz CT molecular complexity index is 565. The summed E-state index contributed by atoms with van der Waals surface area (Å²) in [6, 6.07) is 5.34. The van der Waals surface area contributed by atoms with Gasteiger partial charge in [0.15, 0.2) is 0 Å². The van der Waals surface area contributed by atoms with Crippen LogP contribution in [0.5, 0.6) is 0 Å². The number of aromatic nitrogens is 2. The summed E-state index contributed by atoms with van der Waals surface area (Å²) in [5.74, 6) is -0.116. The van der Waals surface area contributed by atoms with Gasteiger partial charge in [-0.1, -0.05) is 13.0 Å². The van der Waals surface area contributed by atoms with Crippen LogP contribution in [-0.4, -0.2) is 16.5 Å². The van der Waals surface area contributed by atoms with E-state index in [0.717, 1.165) is 0 Å². The molecule has 0 spiro atoms. The second kappa shape index (κ2) is 5.73. The van der Waals surface area contributed by atoms with Crippen molar-refractivity contribution in [2.75, 3.05) is 11.9 Å². The van der Waals surface area contributed by atoms with Crippen molar-refractivity contribution in [2.24, 2.45) is 0 Å². The number of anilines is 1. The van der Waals surface area contributed by atoms with Crippen LogP contribution in [-0.2, 0) is 6.42 Å². The van der Waals surface area contributed by atoms with Gasteiger partial charge < -0.3 is 5.32 Å². The number of nitrogens with zero attached hydrogens (tertiary/aromatic N) is 2. The zero-order chi connectivity index (χ0) is 13.8. The molecule has 2 rings (SSSR count). The predicted octanol–water partition coefficient (Wildman–Crippen LogP) is 3.42. The Kier molecular flexibility index (Phi) is 4.04. The molecule has 0 amide bonds. The molecular formula is C14H15F2N3. The Balaban J connectivity index is 2.57. The van der Waals surface area contributed by atoms with Gasteiger partial charge >= 0.3 is 0 Å². The van der Waals surface area contributed by atoms with Gasteiger partial charge in [-0.25, -0.2) is 18.7 Å². The Labute approximate surface area is 110 Å². The van der Waals surface area contributed by atoms with E-state index in [4.69, 9.17) is 0 Å². The lowest BCUT2D eigenvalue weighted by Crippen LogP contribution is -2.05. The predicted molar refractivity (Wildman–Crippen MR) is 70.9 cm³/mol. The summed E-state index contributed by atoms with van der Waals surface area (Å²) in [6.07, 6.45) is 0.600. The maximum atomic E-state index is 13.8. The van der Waals surface area contributed by atoms with E-state index in [1.165, 1.54) is 18.2 Å². The first-order valence-corrected chi connectivity index (χ1v) is 6.22. The van der Waals surface area contributed by atoms with Crippen molar-refractivity contribution in [3.63, 3.8) is 0 Å². The summed E-state index contributed by atoms with van der Waals surface area (Å²) < 4.78 is 27.5. The third kappa shape index (κ3) is 2.86. The minimum Gasteiger partial charge on any atom is -0.370 e. The SMILES string of the molecule is CCNc1cc(-c2c(F)cccc2F)nc(CC)n1. The van der Waals surface area contributed by atoms with Gasteiger partial charge in [0.1, 0.15) is 23.3 Å². The number of aryl methyl sites for hydroxylation is 1. The molecule has 1 heterocycles. The Morgan fingerprint density at radius 1 is 1.11 bits per heavy atom. The fourth-order valence-electron chi connectivity index (χ4n) is 1.80. The first-order chi connectivity index (χ1) is 9.15. The fraction of sp³-hybridized carbons (Fsp3) is 0.286. The molecule has 19 heavy (non-hydrogen) atoms. The van der Waals surface area contributed by atoms with E-state index in [1.807, 2.05) is 13.8 Å². The van der Waals surface area contributed by atoms with Crippen LogP contribution in [0.25, 0.3) is 11.3 Å². The average Bonchev–Trinajstić information content (AvgIpc) is 2.38. The molecule has 0 aliphatic carbocycles. The zero-order valence-electron chi connectivity index (χ0n) is 10.9. The van der Waals surface area contributed by atoms with Crippen LogP contribution in [0.4, 0.5) is 14.6 Å². The Hall–Kier alpha value is -2.04. The van der Waals surface area contributed by atoms with Crippen molar-refractivity contribution in [1.29, 1.82) is 0 Å². The lowest BCUT2D eigenvalue weighted by Gasteiger charge is -2.09. The molecule has 3 nitrogen and oxygen atoms in total. The van der Waals surface area contributed by atoms with Crippen molar-refractivity contribution in [1.82, 2.24) is 9.97 Å². The highest BCUT2D eigenvalue weighted by Gasteiger charge is 2.14. The number of halogens is 2. The summed E-state index contributed by atoms with van der Waals surface area (Å²) in [7, 11) is 0. The van der Waals surface area contributed by atoms with Crippen LogP contribution in [0, 0.1) is 11.6 Å². The molecule has 0 fully saturated rings. The maximum absolute atomic E-state index is 13.8. The fourth-order valence-corrected chi connectivity index (χ4v) is 1.80. The van der Waals surface area contributed by atoms with Gasteiger partial charge in [-0.2, -0.15) is 0 Å². The molecule has 0 aliphatic rings. The molecule has 100 valence electrons. The zero-order valence-corrected chi connectivity index (χ0v) is 10.9. The van der Waals surface area contributed by atoms with Crippen molar-refractivity contribution < 1.29 is 8.78 Å². The van der Waals surface area contributed by atoms with Gasteiger partial charge in [-0.3, -0.25) is 0 Å². The smallest absolute Gasteiger partial charge is 0.135 e. The van der Waals surface area contributed by atoms with E-state index < -0.39 is 11.6 Å². The van der Waals surface area contributed by atoms with Gasteiger partial charge in [0.05, 0.1) is 11.3 Å². The molecule has 0 radical (unpaired) electrons. The van der Waals surface area contributed by atoms with E-state index >= 15 is 0 Å². The highest BCUT2D eigenvalue weighted by molar-refractivity contribution is 5.63. The highest BCUT2D eigenvalue weighted by atomic mass is 19.1. The molecule has 1 N–H and O–H groups in total. The third-order valence-electron chi connectivity index (χ3n) is 2.67. The second-order valence-electron chi connectivity index (χ2n) is 4.04. The number of rotatable bonds is 4. The summed E-state index contributed by atoms with van der Waals surface area (Å²) in [4.78, 5) is 8.45. The first kappa shape index (κ1) is 13.4. The van der Waals surface area contributed by atoms with Crippen LogP contribution in [0.3, 0.4) is 0 Å². The normalized spacial score (nSPS) is 10.5. The van der Waals surface area contributed by atoms with Gasteiger partial charge in [0, 0.05) is 19.0 Å². The Morgan fingerprint density at radius 2 is 1.79 bits per heavy atom. The van der Waals surface area contributed by atoms with E-state index in [0.29, 0.717) is 24.6 Å². The van der Waals surface area contributed by atoms with E-state index in [-0.39, 0.29) is 11.3 Å². The average molecular weight is 263 g/mol. The van der Waals surface area contributed by atoms with Crippen molar-refractivity contribution in [3.05, 3.63) is 41.7 Å². The quantitative estimate of drug-likeness (QED) is 0.918. The van der Waals surface area contributed by atoms with Gasteiger partial charge in [0.2, 0.25) is 0 Å². The Morgan fingerprint density at radius 3 is 2.37 bits per heavy atom. The van der Waals surface area contributed by atoms with Crippen molar-refractivity contribution in [2.45, 2.75) is 20.3 Å². The molecule has 0 atom stereocenters. The molecule has 0 bridgehead atoms. The highest BCUT2D eigenvalue weighted by Crippen LogP contribution is 2.26. The summed E-state index contributed by atoms with van der Waals surface area (Å²) >= 11 is 0. The molecule has 5 heteroatoms. The number of benzene rings is 1. The standard InChI is InChI=1S/C14H15F2N3/c1-3-12-18-11(8-13(19-12)17-4-2)14-9(15)6-5-7-10(14)16/h5-8H,3-4H2,1-2H3,(H,17,18,19). The first-order valence-electron chi connectivity index (χ1n) is 6.22. The van der Waals surface area contributed by atoms with Crippen LogP contribution in [0.2, 0.25) is 0 Å². The molecule has 2 aromatic rings. The third-order valence-corrected chi connectivity index (χ3v) is 2.67. The van der Waals surface area contributed by atoms with Crippen LogP contribution in [0.15, 0.2) is 24.3 Å². The maximum Gasteiger partial charge on any atom is 0.135 e. The summed E-state index contributed by atoms with van der Waals surface area (Å²) in [5, 5.41) is 3.04.